The number of amides is 1. The number of imidazole rings is 1. The van der Waals surface area contributed by atoms with E-state index < -0.39 is 0 Å². The summed E-state index contributed by atoms with van der Waals surface area (Å²) in [5, 5.41) is 2.94. The molecule has 1 N–H and O–H groups in total. The highest BCUT2D eigenvalue weighted by molar-refractivity contribution is 5.94. The monoisotopic (exact) mass is 351 g/mol. The molecule has 0 bridgehead atoms. The predicted octanol–water partition coefficient (Wildman–Crippen LogP) is 3.44. The SMILES string of the molecule is COc1ccc(-c2nc3ccc(NC(=O)C4CCCO4)cn3c2C)cc1. The minimum atomic E-state index is -0.343. The van der Waals surface area contributed by atoms with Gasteiger partial charge in [0.25, 0.3) is 5.91 Å². The summed E-state index contributed by atoms with van der Waals surface area (Å²) in [6.45, 7) is 2.67. The average Bonchev–Trinajstić information content (AvgIpc) is 3.31. The van der Waals surface area contributed by atoms with Crippen LogP contribution in [-0.2, 0) is 9.53 Å². The van der Waals surface area contributed by atoms with Gasteiger partial charge < -0.3 is 19.2 Å². The van der Waals surface area contributed by atoms with Crippen LogP contribution in [0.4, 0.5) is 5.69 Å². The van der Waals surface area contributed by atoms with Gasteiger partial charge in [0.05, 0.1) is 18.5 Å². The topological polar surface area (TPSA) is 64.9 Å². The summed E-state index contributed by atoms with van der Waals surface area (Å²) in [6.07, 6.45) is 3.27. The Morgan fingerprint density at radius 2 is 2.08 bits per heavy atom. The number of benzene rings is 1. The number of nitrogens with one attached hydrogen (secondary N) is 1. The minimum Gasteiger partial charge on any atom is -0.497 e. The number of nitrogens with zero attached hydrogens (tertiary/aromatic N) is 2. The lowest BCUT2D eigenvalue weighted by Crippen LogP contribution is -2.26. The van der Waals surface area contributed by atoms with Crippen LogP contribution >= 0.6 is 0 Å². The maximum Gasteiger partial charge on any atom is 0.253 e. The van der Waals surface area contributed by atoms with Crippen LogP contribution in [0.2, 0.25) is 0 Å². The van der Waals surface area contributed by atoms with E-state index in [0.29, 0.717) is 6.61 Å². The van der Waals surface area contributed by atoms with Gasteiger partial charge in [0.2, 0.25) is 0 Å². The Bertz CT molecular complexity index is 941. The fraction of sp³-hybridized carbons (Fsp3) is 0.300. The summed E-state index contributed by atoms with van der Waals surface area (Å²) >= 11 is 0. The van der Waals surface area contributed by atoms with Crippen molar-refractivity contribution in [3.63, 3.8) is 0 Å². The van der Waals surface area contributed by atoms with Crippen molar-refractivity contribution in [3.8, 4) is 17.0 Å². The van der Waals surface area contributed by atoms with E-state index in [9.17, 15) is 4.79 Å². The maximum atomic E-state index is 12.2. The highest BCUT2D eigenvalue weighted by atomic mass is 16.5. The van der Waals surface area contributed by atoms with Crippen molar-refractivity contribution in [2.45, 2.75) is 25.9 Å². The van der Waals surface area contributed by atoms with Crippen molar-refractivity contribution >= 4 is 17.2 Å². The number of rotatable bonds is 4. The van der Waals surface area contributed by atoms with Gasteiger partial charge in [-0.05, 0) is 56.2 Å². The molecule has 26 heavy (non-hydrogen) atoms. The summed E-state index contributed by atoms with van der Waals surface area (Å²) in [5.41, 5.74) is 4.52. The molecule has 1 fully saturated rings. The number of pyridine rings is 1. The molecule has 3 aromatic rings. The molecule has 0 aliphatic carbocycles. The van der Waals surface area contributed by atoms with E-state index in [2.05, 4.69) is 5.32 Å². The Balaban J connectivity index is 1.63. The Kier molecular flexibility index (Phi) is 4.34. The summed E-state index contributed by atoms with van der Waals surface area (Å²) in [5.74, 6) is 0.726. The summed E-state index contributed by atoms with van der Waals surface area (Å²) < 4.78 is 12.6. The second kappa shape index (κ2) is 6.80. The van der Waals surface area contributed by atoms with E-state index in [0.717, 1.165) is 46.9 Å². The van der Waals surface area contributed by atoms with Crippen molar-refractivity contribution in [1.29, 1.82) is 0 Å². The molecule has 1 aromatic carbocycles. The molecule has 1 aliphatic rings. The van der Waals surface area contributed by atoms with Crippen LogP contribution in [0.5, 0.6) is 5.75 Å². The molecule has 134 valence electrons. The number of methoxy groups -OCH3 is 1. The van der Waals surface area contributed by atoms with Gasteiger partial charge in [0.1, 0.15) is 17.5 Å². The van der Waals surface area contributed by atoms with E-state index in [1.165, 1.54) is 0 Å². The van der Waals surface area contributed by atoms with Crippen LogP contribution < -0.4 is 10.1 Å². The number of aromatic nitrogens is 2. The van der Waals surface area contributed by atoms with Gasteiger partial charge in [0.15, 0.2) is 0 Å². The van der Waals surface area contributed by atoms with Gasteiger partial charge in [-0.25, -0.2) is 4.98 Å². The van der Waals surface area contributed by atoms with Gasteiger partial charge in [0, 0.05) is 24.1 Å². The lowest BCUT2D eigenvalue weighted by atomic mass is 10.1. The first-order valence-corrected chi connectivity index (χ1v) is 8.71. The number of aryl methyl sites for hydroxylation is 1. The third kappa shape index (κ3) is 3.04. The molecule has 0 radical (unpaired) electrons. The van der Waals surface area contributed by atoms with E-state index in [4.69, 9.17) is 14.5 Å². The molecule has 0 spiro atoms. The van der Waals surface area contributed by atoms with E-state index in [1.807, 2.05) is 53.9 Å². The Hall–Kier alpha value is -2.86. The smallest absolute Gasteiger partial charge is 0.253 e. The second-order valence-electron chi connectivity index (χ2n) is 6.41. The number of hydrogen-bond donors (Lipinski definition) is 1. The number of anilines is 1. The molecule has 4 rings (SSSR count). The van der Waals surface area contributed by atoms with Crippen molar-refractivity contribution in [2.24, 2.45) is 0 Å². The highest BCUT2D eigenvalue weighted by Crippen LogP contribution is 2.27. The summed E-state index contributed by atoms with van der Waals surface area (Å²) in [4.78, 5) is 17.0. The molecule has 1 amide bonds. The van der Waals surface area contributed by atoms with Crippen LogP contribution in [0.3, 0.4) is 0 Å². The van der Waals surface area contributed by atoms with Crippen molar-refractivity contribution in [3.05, 3.63) is 48.3 Å². The molecule has 1 saturated heterocycles. The molecule has 3 heterocycles. The van der Waals surface area contributed by atoms with Crippen LogP contribution in [0, 0.1) is 6.92 Å². The second-order valence-corrected chi connectivity index (χ2v) is 6.41. The van der Waals surface area contributed by atoms with Crippen molar-refractivity contribution < 1.29 is 14.3 Å². The molecule has 2 aromatic heterocycles. The minimum absolute atomic E-state index is 0.0880. The third-order valence-corrected chi connectivity index (χ3v) is 4.71. The van der Waals surface area contributed by atoms with Crippen LogP contribution in [0.25, 0.3) is 16.9 Å². The first kappa shape index (κ1) is 16.6. The molecule has 1 aliphatic heterocycles. The molecule has 0 saturated carbocycles. The quantitative estimate of drug-likeness (QED) is 0.782. The van der Waals surface area contributed by atoms with E-state index in [1.54, 1.807) is 7.11 Å². The van der Waals surface area contributed by atoms with Crippen LogP contribution in [-0.4, -0.2) is 35.1 Å². The Labute approximate surface area is 151 Å². The maximum absolute atomic E-state index is 12.2. The molecular weight excluding hydrogens is 330 g/mol. The number of carbonyl (C=O) groups excluding carboxylic acids is 1. The van der Waals surface area contributed by atoms with Gasteiger partial charge in [-0.1, -0.05) is 0 Å². The molecule has 6 nitrogen and oxygen atoms in total. The summed E-state index contributed by atoms with van der Waals surface area (Å²) in [7, 11) is 1.65. The first-order chi connectivity index (χ1) is 12.7. The third-order valence-electron chi connectivity index (χ3n) is 4.71. The molecule has 1 atom stereocenters. The van der Waals surface area contributed by atoms with Gasteiger partial charge in [-0.2, -0.15) is 0 Å². The zero-order valence-corrected chi connectivity index (χ0v) is 14.9. The van der Waals surface area contributed by atoms with E-state index in [-0.39, 0.29) is 12.0 Å². The number of carbonyl (C=O) groups is 1. The lowest BCUT2D eigenvalue weighted by molar-refractivity contribution is -0.124. The number of fused-ring (bicyclic) bond motifs is 1. The average molecular weight is 351 g/mol. The Morgan fingerprint density at radius 1 is 1.27 bits per heavy atom. The van der Waals surface area contributed by atoms with Gasteiger partial charge >= 0.3 is 0 Å². The van der Waals surface area contributed by atoms with E-state index >= 15 is 0 Å². The lowest BCUT2D eigenvalue weighted by Gasteiger charge is -2.10. The van der Waals surface area contributed by atoms with Gasteiger partial charge in [-0.15, -0.1) is 0 Å². The highest BCUT2D eigenvalue weighted by Gasteiger charge is 2.23. The van der Waals surface area contributed by atoms with Crippen LogP contribution in [0.1, 0.15) is 18.5 Å². The molecule has 1 unspecified atom stereocenters. The predicted molar refractivity (Wildman–Crippen MR) is 99.5 cm³/mol. The van der Waals surface area contributed by atoms with Gasteiger partial charge in [-0.3, -0.25) is 4.79 Å². The van der Waals surface area contributed by atoms with Crippen LogP contribution in [0.15, 0.2) is 42.6 Å². The van der Waals surface area contributed by atoms with Crippen molar-refractivity contribution in [2.75, 3.05) is 19.0 Å². The largest absolute Gasteiger partial charge is 0.497 e. The zero-order chi connectivity index (χ0) is 18.1. The first-order valence-electron chi connectivity index (χ1n) is 8.71. The molecule has 6 heteroatoms. The summed E-state index contributed by atoms with van der Waals surface area (Å²) in [6, 6.07) is 11.6. The zero-order valence-electron chi connectivity index (χ0n) is 14.9. The normalized spacial score (nSPS) is 16.8. The fourth-order valence-electron chi connectivity index (χ4n) is 3.27. The standard InChI is InChI=1S/C20H21N3O3/c1-13-19(14-5-8-16(25-2)9-6-14)22-18-10-7-15(12-23(13)18)21-20(24)17-4-3-11-26-17/h5-10,12,17H,3-4,11H2,1-2H3,(H,21,24). The molecular formula is C20H21N3O3. The Morgan fingerprint density at radius 3 is 2.77 bits per heavy atom. The number of ether oxygens (including phenoxy) is 2. The van der Waals surface area contributed by atoms with Crippen molar-refractivity contribution in [1.82, 2.24) is 9.38 Å². The fourth-order valence-corrected chi connectivity index (χ4v) is 3.27. The number of hydrogen-bond acceptors (Lipinski definition) is 4.